The summed E-state index contributed by atoms with van der Waals surface area (Å²) in [6.45, 7) is 19.7. The standard InChI is InChI=1S/C65H105N2O11P/c1-14-55-65(10,73)58(69)48(6)67(38-30-19-17-15-16-18-20-31-39-79(50-32-24-21-25-33-50,51-34-26-22-27-35-51)52-36-28-23-29-37-52)43-44(2)41-63(8,72)60(78-62-57(68)53(66(11)12)40-45(3)75-62)46(4)56(47(5)61(71)77-55)54-42-64(9,74-13)59(70)49(7)76-54/h21-29,32-37,44-49,53-60,62,68-70,72-73,79H,14-20,30-31,38-43H2,1-13H3/t44-,45-,46+,47-,48-,49+,53+,54?,55-,56+,57-,58-,59+,60-,62+,63-,64-,65-/m1/s1. The molecule has 3 saturated heterocycles. The topological polar surface area (TPSA) is 171 Å². The number of cyclic esters (lactones) is 1. The zero-order chi connectivity index (χ0) is 57.9. The Morgan fingerprint density at radius 2 is 1.24 bits per heavy atom. The molecule has 13 nitrogen and oxygen atoms in total. The van der Waals surface area contributed by atoms with Gasteiger partial charge in [-0.3, -0.25) is 4.79 Å². The van der Waals surface area contributed by atoms with Crippen molar-refractivity contribution in [3.05, 3.63) is 91.0 Å². The summed E-state index contributed by atoms with van der Waals surface area (Å²) in [5.41, 5.74) is -4.41. The van der Waals surface area contributed by atoms with Crippen molar-refractivity contribution in [1.29, 1.82) is 0 Å². The van der Waals surface area contributed by atoms with Gasteiger partial charge in [0.05, 0.1) is 41.5 Å². The number of hydrogen-bond acceptors (Lipinski definition) is 13. The zero-order valence-corrected chi connectivity index (χ0v) is 51.5. The first kappa shape index (κ1) is 65.3. The molecule has 3 fully saturated rings. The minimum absolute atomic E-state index is 0.148. The first-order chi connectivity index (χ1) is 37.4. The second-order valence-electron chi connectivity index (χ2n) is 25.4. The second kappa shape index (κ2) is 29.1. The van der Waals surface area contributed by atoms with Crippen LogP contribution in [0.25, 0.3) is 0 Å². The van der Waals surface area contributed by atoms with E-state index in [1.165, 1.54) is 35.2 Å². The third-order valence-corrected chi connectivity index (χ3v) is 24.0. The third kappa shape index (κ3) is 15.7. The smallest absolute Gasteiger partial charge is 0.388 e. The number of methoxy groups -OCH3 is 1. The van der Waals surface area contributed by atoms with Gasteiger partial charge >= 0.3 is 202 Å². The molecule has 3 aromatic carbocycles. The van der Waals surface area contributed by atoms with Gasteiger partial charge in [0.1, 0.15) is 30.0 Å². The number of likely N-dealkylation sites (N-methyl/N-ethyl adjacent to an activating group) is 1. The molecule has 79 heavy (non-hydrogen) atoms. The number of nitrogens with zero attached hydrogens (tertiary/aromatic N) is 2. The van der Waals surface area contributed by atoms with E-state index in [0.717, 1.165) is 38.3 Å². The number of rotatable bonds is 20. The molecule has 18 atom stereocenters. The molecule has 5 N–H and O–H groups in total. The van der Waals surface area contributed by atoms with E-state index < -0.39 is 103 Å². The van der Waals surface area contributed by atoms with Crippen LogP contribution in [-0.2, 0) is 28.5 Å². The Morgan fingerprint density at radius 1 is 0.722 bits per heavy atom. The van der Waals surface area contributed by atoms with E-state index in [2.05, 4.69) is 103 Å². The summed E-state index contributed by atoms with van der Waals surface area (Å²) in [4.78, 5) is 19.0. The Labute approximate surface area is 476 Å². The number of unbranched alkanes of at least 4 members (excludes halogenated alkanes) is 7. The molecule has 3 aliphatic heterocycles. The van der Waals surface area contributed by atoms with E-state index in [1.54, 1.807) is 34.8 Å². The van der Waals surface area contributed by atoms with Gasteiger partial charge in [-0.2, -0.15) is 0 Å². The molecule has 3 heterocycles. The van der Waals surface area contributed by atoms with Gasteiger partial charge in [-0.05, 0) is 86.7 Å². The number of carbonyl (C=O) groups is 1. The van der Waals surface area contributed by atoms with Crippen LogP contribution in [0.2, 0.25) is 0 Å². The van der Waals surface area contributed by atoms with Gasteiger partial charge in [0.15, 0.2) is 6.29 Å². The molecule has 6 rings (SSSR count). The quantitative estimate of drug-likeness (QED) is 0.0416. The Bertz CT molecular complexity index is 2160. The summed E-state index contributed by atoms with van der Waals surface area (Å²) in [6.07, 6.45) is 3.21. The summed E-state index contributed by atoms with van der Waals surface area (Å²) in [6, 6.07) is 32.7. The van der Waals surface area contributed by atoms with Crippen LogP contribution >= 0.6 is 7.26 Å². The number of aliphatic hydroxyl groups is 5. The van der Waals surface area contributed by atoms with Crippen molar-refractivity contribution in [3.8, 4) is 0 Å². The van der Waals surface area contributed by atoms with E-state index >= 15 is 0 Å². The first-order valence-corrected chi connectivity index (χ1v) is 32.4. The molecular weight excluding hydrogens is 1020 g/mol. The first-order valence-electron chi connectivity index (χ1n) is 30.2. The average Bonchev–Trinajstić information content (AvgIpc) is 3.47. The molecule has 0 aromatic heterocycles. The molecule has 0 amide bonds. The minimum atomic E-state index is -2.25. The van der Waals surface area contributed by atoms with Crippen LogP contribution in [0.4, 0.5) is 0 Å². The predicted octanol–water partition coefficient (Wildman–Crippen LogP) is 8.39. The van der Waals surface area contributed by atoms with E-state index in [4.69, 9.17) is 23.7 Å². The van der Waals surface area contributed by atoms with E-state index in [9.17, 15) is 30.3 Å². The summed E-state index contributed by atoms with van der Waals surface area (Å²) >= 11 is 0. The molecule has 3 aliphatic rings. The van der Waals surface area contributed by atoms with E-state index in [0.29, 0.717) is 19.5 Å². The van der Waals surface area contributed by atoms with Crippen LogP contribution in [0, 0.1) is 23.7 Å². The van der Waals surface area contributed by atoms with Gasteiger partial charge in [0, 0.05) is 25.5 Å². The van der Waals surface area contributed by atoms with E-state index in [-0.39, 0.29) is 37.3 Å². The van der Waals surface area contributed by atoms with Crippen molar-refractivity contribution in [2.75, 3.05) is 40.5 Å². The van der Waals surface area contributed by atoms with Gasteiger partial charge < -0.3 is 54.1 Å². The molecule has 0 saturated carbocycles. The van der Waals surface area contributed by atoms with Crippen LogP contribution in [0.15, 0.2) is 91.0 Å². The van der Waals surface area contributed by atoms with Crippen LogP contribution < -0.4 is 15.9 Å². The normalized spacial score (nSPS) is 37.0. The molecule has 0 bridgehead atoms. The Balaban J connectivity index is 1.19. The van der Waals surface area contributed by atoms with Crippen LogP contribution in [0.5, 0.6) is 0 Å². The van der Waals surface area contributed by atoms with Crippen LogP contribution in [0.3, 0.4) is 0 Å². The van der Waals surface area contributed by atoms with Crippen molar-refractivity contribution in [2.45, 2.75) is 230 Å². The number of carbonyl (C=O) groups excluding carboxylic acids is 1. The Morgan fingerprint density at radius 3 is 1.75 bits per heavy atom. The SMILES string of the molecule is CC[C@H]1OC(=O)[C@H](C)[C@@H](C2C[C@@](C)(OC)[C@@H](O)[C@H](C)O2)[C@H](C)[C@@H](O[C@@H]2O[C@H](C)C[C@H](N(C)C)[C@H]2O)[C@](C)(O)C[C@@H](C)CN(CCCCCCCCCC[PH](c2ccccc2)(c2ccccc2)c2ccccc2)[C@H](C)[C@@H](O)[C@]1(C)O. The summed E-state index contributed by atoms with van der Waals surface area (Å²) in [5, 5.41) is 65.4. The molecule has 446 valence electrons. The number of esters is 1. The molecule has 3 aromatic rings. The molecule has 0 spiro atoms. The van der Waals surface area contributed by atoms with E-state index in [1.807, 2.05) is 53.6 Å². The van der Waals surface area contributed by atoms with Gasteiger partial charge in [0.25, 0.3) is 0 Å². The minimum Gasteiger partial charge on any atom is -0.388 e. The van der Waals surface area contributed by atoms with Crippen LogP contribution in [-0.4, -0.2) is 166 Å². The van der Waals surface area contributed by atoms with Crippen molar-refractivity contribution < 1.29 is 54.0 Å². The fourth-order valence-electron chi connectivity index (χ4n) is 14.3. The summed E-state index contributed by atoms with van der Waals surface area (Å²) < 4.78 is 32.4. The Kier molecular flexibility index (Phi) is 24.0. The van der Waals surface area contributed by atoms with Crippen molar-refractivity contribution >= 4 is 29.1 Å². The maximum atomic E-state index is 14.8. The van der Waals surface area contributed by atoms with Gasteiger partial charge in [0.2, 0.25) is 0 Å². The van der Waals surface area contributed by atoms with Crippen molar-refractivity contribution in [2.24, 2.45) is 23.7 Å². The average molecular weight is 1120 g/mol. The predicted molar refractivity (Wildman–Crippen MR) is 320 cm³/mol. The number of aliphatic hydroxyl groups excluding tert-OH is 3. The second-order valence-corrected chi connectivity index (χ2v) is 29.4. The molecule has 14 heteroatoms. The van der Waals surface area contributed by atoms with Gasteiger partial charge in [-0.15, -0.1) is 0 Å². The monoisotopic (exact) mass is 1120 g/mol. The number of hydrogen-bond donors (Lipinski definition) is 5. The third-order valence-electron chi connectivity index (χ3n) is 18.9. The van der Waals surface area contributed by atoms with Crippen molar-refractivity contribution in [1.82, 2.24) is 9.80 Å². The molecule has 1 unspecified atom stereocenters. The van der Waals surface area contributed by atoms with Crippen molar-refractivity contribution in [3.63, 3.8) is 0 Å². The van der Waals surface area contributed by atoms with Gasteiger partial charge in [-0.1, -0.05) is 27.7 Å². The fraction of sp³-hybridized carbons (Fsp3) is 0.708. The zero-order valence-electron chi connectivity index (χ0n) is 50.5. The summed E-state index contributed by atoms with van der Waals surface area (Å²) in [7, 11) is 3.14. The van der Waals surface area contributed by atoms with Gasteiger partial charge in [-0.25, -0.2) is 0 Å². The number of ether oxygens (including phenoxy) is 5. The van der Waals surface area contributed by atoms with Crippen LogP contribution in [0.1, 0.15) is 146 Å². The Hall–Kier alpha value is -2.88. The molecule has 0 aliphatic carbocycles. The molecule has 0 radical (unpaired) electrons. The maximum absolute atomic E-state index is 14.8. The fourth-order valence-corrected chi connectivity index (χ4v) is 19.2. The summed E-state index contributed by atoms with van der Waals surface area (Å²) in [5.74, 6) is -2.97. The molecular formula is C65H105N2O11P. The number of benzene rings is 3.